The molecule has 3 aromatic rings. The zero-order chi connectivity index (χ0) is 13.9. The van der Waals surface area contributed by atoms with Gasteiger partial charge in [-0.1, -0.05) is 6.07 Å². The third-order valence-electron chi connectivity index (χ3n) is 3.09. The first-order valence-electron chi connectivity index (χ1n) is 6.35. The van der Waals surface area contributed by atoms with E-state index in [4.69, 9.17) is 9.68 Å². The summed E-state index contributed by atoms with van der Waals surface area (Å²) < 4.78 is 5.50. The van der Waals surface area contributed by atoms with Crippen molar-refractivity contribution in [3.05, 3.63) is 59.5 Å². The van der Waals surface area contributed by atoms with Gasteiger partial charge in [0.15, 0.2) is 0 Å². The number of aryl methyl sites for hydroxylation is 1. The van der Waals surface area contributed by atoms with E-state index in [2.05, 4.69) is 16.4 Å². The van der Waals surface area contributed by atoms with Gasteiger partial charge in [0.25, 0.3) is 0 Å². The van der Waals surface area contributed by atoms with E-state index < -0.39 is 0 Å². The van der Waals surface area contributed by atoms with E-state index in [1.165, 1.54) is 0 Å². The van der Waals surface area contributed by atoms with E-state index in [1.807, 2.05) is 43.3 Å². The molecule has 2 aromatic heterocycles. The Kier molecular flexibility index (Phi) is 3.10. The maximum Gasteiger partial charge on any atom is 0.127 e. The number of nitrogens with zero attached hydrogens (tertiary/aromatic N) is 2. The van der Waals surface area contributed by atoms with Crippen LogP contribution in [0.5, 0.6) is 0 Å². The molecule has 0 spiro atoms. The number of aromatic nitrogens is 1. The van der Waals surface area contributed by atoms with Crippen LogP contribution in [0.1, 0.15) is 17.1 Å². The van der Waals surface area contributed by atoms with Crippen LogP contribution in [0.15, 0.2) is 46.9 Å². The van der Waals surface area contributed by atoms with Crippen LogP contribution in [0.25, 0.3) is 10.9 Å². The molecule has 1 aromatic carbocycles. The molecule has 4 heteroatoms. The van der Waals surface area contributed by atoms with Gasteiger partial charge in [-0.2, -0.15) is 5.26 Å². The van der Waals surface area contributed by atoms with Crippen molar-refractivity contribution in [3.63, 3.8) is 0 Å². The molecule has 0 aliphatic heterocycles. The van der Waals surface area contributed by atoms with Crippen LogP contribution >= 0.6 is 0 Å². The van der Waals surface area contributed by atoms with E-state index in [1.54, 1.807) is 6.07 Å². The topological polar surface area (TPSA) is 61.9 Å². The monoisotopic (exact) mass is 263 g/mol. The van der Waals surface area contributed by atoms with Crippen LogP contribution < -0.4 is 5.32 Å². The number of nitrogens with one attached hydrogen (secondary N) is 1. The van der Waals surface area contributed by atoms with Gasteiger partial charge >= 0.3 is 0 Å². The first-order chi connectivity index (χ1) is 9.76. The first-order valence-corrected chi connectivity index (χ1v) is 6.35. The van der Waals surface area contributed by atoms with Crippen molar-refractivity contribution in [2.45, 2.75) is 13.5 Å². The summed E-state index contributed by atoms with van der Waals surface area (Å²) in [5.41, 5.74) is 1.45. The lowest BCUT2D eigenvalue weighted by Crippen LogP contribution is -2.00. The zero-order valence-corrected chi connectivity index (χ0v) is 11.1. The zero-order valence-electron chi connectivity index (χ0n) is 11.1. The van der Waals surface area contributed by atoms with Crippen molar-refractivity contribution in [1.29, 1.82) is 5.26 Å². The minimum Gasteiger partial charge on any atom is -0.465 e. The van der Waals surface area contributed by atoms with E-state index >= 15 is 0 Å². The lowest BCUT2D eigenvalue weighted by Gasteiger charge is -2.05. The van der Waals surface area contributed by atoms with Gasteiger partial charge in [0.05, 0.1) is 23.7 Å². The van der Waals surface area contributed by atoms with Crippen LogP contribution in [0.4, 0.5) is 5.82 Å². The highest BCUT2D eigenvalue weighted by molar-refractivity contribution is 5.85. The molecule has 20 heavy (non-hydrogen) atoms. The Bertz CT molecular complexity index is 799. The molecule has 0 atom stereocenters. The predicted octanol–water partition coefficient (Wildman–Crippen LogP) is 3.62. The Balaban J connectivity index is 1.84. The third-order valence-corrected chi connectivity index (χ3v) is 3.09. The quantitative estimate of drug-likeness (QED) is 0.784. The predicted molar refractivity (Wildman–Crippen MR) is 77.2 cm³/mol. The average Bonchev–Trinajstić information content (AvgIpc) is 2.89. The maximum atomic E-state index is 9.05. The fourth-order valence-corrected chi connectivity index (χ4v) is 2.11. The lowest BCUT2D eigenvalue weighted by atomic mass is 10.1. The Morgan fingerprint density at radius 2 is 2.10 bits per heavy atom. The van der Waals surface area contributed by atoms with Crippen LogP contribution in [-0.2, 0) is 6.54 Å². The normalized spacial score (nSPS) is 10.4. The summed E-state index contributed by atoms with van der Waals surface area (Å²) in [4.78, 5) is 4.50. The molecule has 4 nitrogen and oxygen atoms in total. The summed E-state index contributed by atoms with van der Waals surface area (Å²) in [5.74, 6) is 2.53. The molecule has 2 heterocycles. The number of anilines is 1. The van der Waals surface area contributed by atoms with Gasteiger partial charge in [-0.25, -0.2) is 4.98 Å². The van der Waals surface area contributed by atoms with Crippen molar-refractivity contribution in [2.24, 2.45) is 0 Å². The molecule has 0 fully saturated rings. The van der Waals surface area contributed by atoms with Crippen molar-refractivity contribution in [3.8, 4) is 6.07 Å². The van der Waals surface area contributed by atoms with Gasteiger partial charge in [-0.3, -0.25) is 0 Å². The van der Waals surface area contributed by atoms with Gasteiger partial charge in [0.1, 0.15) is 17.3 Å². The second-order valence-electron chi connectivity index (χ2n) is 4.55. The summed E-state index contributed by atoms with van der Waals surface area (Å²) in [5, 5.41) is 13.1. The third kappa shape index (κ3) is 2.34. The number of rotatable bonds is 3. The van der Waals surface area contributed by atoms with Crippen molar-refractivity contribution < 1.29 is 4.42 Å². The number of furan rings is 1. The molecule has 0 bridgehead atoms. The number of nitriles is 1. The molecular weight excluding hydrogens is 250 g/mol. The molecule has 0 aliphatic carbocycles. The first kappa shape index (κ1) is 12.2. The minimum absolute atomic E-state index is 0.588. The second kappa shape index (κ2) is 5.06. The van der Waals surface area contributed by atoms with Crippen LogP contribution in [0.3, 0.4) is 0 Å². The molecule has 0 saturated carbocycles. The Labute approximate surface area is 116 Å². The van der Waals surface area contributed by atoms with Crippen LogP contribution in [0.2, 0.25) is 0 Å². The molecule has 98 valence electrons. The highest BCUT2D eigenvalue weighted by atomic mass is 16.3. The summed E-state index contributed by atoms with van der Waals surface area (Å²) in [6.07, 6.45) is 0. The Morgan fingerprint density at radius 3 is 2.85 bits per heavy atom. The molecule has 0 radical (unpaired) electrons. The Hall–Kier alpha value is -2.80. The number of fused-ring (bicyclic) bond motifs is 1. The van der Waals surface area contributed by atoms with Crippen molar-refractivity contribution in [2.75, 3.05) is 5.32 Å². The molecular formula is C16H13N3O. The number of hydrogen-bond donors (Lipinski definition) is 1. The summed E-state index contributed by atoms with van der Waals surface area (Å²) in [7, 11) is 0. The average molecular weight is 263 g/mol. The van der Waals surface area contributed by atoms with Crippen molar-refractivity contribution >= 4 is 16.7 Å². The lowest BCUT2D eigenvalue weighted by molar-refractivity contribution is 0.490. The SMILES string of the molecule is Cc1ccc(CNc2ccc3c(C#N)cccc3n2)o1. The van der Waals surface area contributed by atoms with Gasteiger partial charge in [0.2, 0.25) is 0 Å². The molecule has 3 rings (SSSR count). The fraction of sp³-hybridized carbons (Fsp3) is 0.125. The molecule has 0 unspecified atom stereocenters. The smallest absolute Gasteiger partial charge is 0.127 e. The summed E-state index contributed by atoms with van der Waals surface area (Å²) in [6, 6.07) is 15.4. The minimum atomic E-state index is 0.588. The number of pyridine rings is 1. The van der Waals surface area contributed by atoms with E-state index in [-0.39, 0.29) is 0 Å². The largest absolute Gasteiger partial charge is 0.465 e. The molecule has 0 amide bonds. The second-order valence-corrected chi connectivity index (χ2v) is 4.55. The van der Waals surface area contributed by atoms with E-state index in [0.29, 0.717) is 12.1 Å². The number of benzene rings is 1. The fourth-order valence-electron chi connectivity index (χ4n) is 2.11. The highest BCUT2D eigenvalue weighted by Gasteiger charge is 2.03. The van der Waals surface area contributed by atoms with E-state index in [9.17, 15) is 0 Å². The standard InChI is InChI=1S/C16H13N3O/c1-11-5-6-13(20-11)10-18-16-8-7-14-12(9-17)3-2-4-15(14)19-16/h2-8H,10H2,1H3,(H,18,19). The van der Waals surface area contributed by atoms with Gasteiger partial charge in [-0.05, 0) is 43.3 Å². The molecule has 0 saturated heterocycles. The van der Waals surface area contributed by atoms with Crippen LogP contribution in [-0.4, -0.2) is 4.98 Å². The van der Waals surface area contributed by atoms with Crippen LogP contribution in [0, 0.1) is 18.3 Å². The van der Waals surface area contributed by atoms with Gasteiger partial charge in [0, 0.05) is 5.39 Å². The number of hydrogen-bond acceptors (Lipinski definition) is 4. The highest BCUT2D eigenvalue weighted by Crippen LogP contribution is 2.19. The Morgan fingerprint density at radius 1 is 1.20 bits per heavy atom. The van der Waals surface area contributed by atoms with E-state index in [0.717, 1.165) is 28.2 Å². The summed E-state index contributed by atoms with van der Waals surface area (Å²) in [6.45, 7) is 2.51. The van der Waals surface area contributed by atoms with Gasteiger partial charge < -0.3 is 9.73 Å². The van der Waals surface area contributed by atoms with Crippen molar-refractivity contribution in [1.82, 2.24) is 4.98 Å². The molecule has 1 N–H and O–H groups in total. The van der Waals surface area contributed by atoms with Gasteiger partial charge in [-0.15, -0.1) is 0 Å². The molecule has 0 aliphatic rings. The summed E-state index contributed by atoms with van der Waals surface area (Å²) >= 11 is 0. The maximum absolute atomic E-state index is 9.05.